The number of carbonyl (C=O) groups excluding carboxylic acids is 1. The molecular formula is C18H21N5OS. The van der Waals surface area contributed by atoms with E-state index in [1.807, 2.05) is 22.9 Å². The van der Waals surface area contributed by atoms with Crippen LogP contribution in [0.15, 0.2) is 54.1 Å². The molecule has 3 aromatic rings. The number of carbonyl (C=O) groups is 1. The van der Waals surface area contributed by atoms with Crippen LogP contribution >= 0.6 is 11.8 Å². The SMILES string of the molecule is CCn1ccnc1SCC(=O)Nc1ccnn1Cc1cccc(C)c1. The van der Waals surface area contributed by atoms with Crippen LogP contribution in [0.1, 0.15) is 18.1 Å². The molecule has 6 nitrogen and oxygen atoms in total. The lowest BCUT2D eigenvalue weighted by atomic mass is 10.1. The summed E-state index contributed by atoms with van der Waals surface area (Å²) in [5.41, 5.74) is 2.36. The molecule has 2 heterocycles. The van der Waals surface area contributed by atoms with E-state index in [0.717, 1.165) is 17.3 Å². The molecule has 0 saturated carbocycles. The molecule has 130 valence electrons. The van der Waals surface area contributed by atoms with Gasteiger partial charge in [0.15, 0.2) is 5.16 Å². The highest BCUT2D eigenvalue weighted by Crippen LogP contribution is 2.17. The lowest BCUT2D eigenvalue weighted by Gasteiger charge is -2.10. The Morgan fingerprint density at radius 2 is 2.16 bits per heavy atom. The zero-order valence-corrected chi connectivity index (χ0v) is 15.2. The fraction of sp³-hybridized carbons (Fsp3) is 0.278. The number of nitrogens with one attached hydrogen (secondary N) is 1. The molecule has 2 aromatic heterocycles. The third kappa shape index (κ3) is 4.51. The largest absolute Gasteiger partial charge is 0.326 e. The van der Waals surface area contributed by atoms with Crippen molar-refractivity contribution in [3.8, 4) is 0 Å². The third-order valence-corrected chi connectivity index (χ3v) is 4.75. The maximum absolute atomic E-state index is 12.3. The van der Waals surface area contributed by atoms with E-state index in [0.29, 0.717) is 18.1 Å². The van der Waals surface area contributed by atoms with Gasteiger partial charge in [-0.15, -0.1) is 0 Å². The lowest BCUT2D eigenvalue weighted by molar-refractivity contribution is -0.113. The van der Waals surface area contributed by atoms with E-state index < -0.39 is 0 Å². The summed E-state index contributed by atoms with van der Waals surface area (Å²) in [7, 11) is 0. The van der Waals surface area contributed by atoms with Crippen LogP contribution in [-0.2, 0) is 17.9 Å². The maximum Gasteiger partial charge on any atom is 0.235 e. The number of amides is 1. The van der Waals surface area contributed by atoms with Gasteiger partial charge in [0, 0.05) is 25.0 Å². The summed E-state index contributed by atoms with van der Waals surface area (Å²) in [6, 6.07) is 10.1. The van der Waals surface area contributed by atoms with Crippen molar-refractivity contribution in [3.63, 3.8) is 0 Å². The quantitative estimate of drug-likeness (QED) is 0.661. The smallest absolute Gasteiger partial charge is 0.235 e. The second kappa shape index (κ2) is 8.02. The monoisotopic (exact) mass is 355 g/mol. The first-order valence-corrected chi connectivity index (χ1v) is 9.15. The summed E-state index contributed by atoms with van der Waals surface area (Å²) < 4.78 is 3.81. The molecule has 0 aliphatic carbocycles. The molecule has 0 aliphatic rings. The van der Waals surface area contributed by atoms with Crippen molar-refractivity contribution < 1.29 is 4.79 Å². The highest BCUT2D eigenvalue weighted by Gasteiger charge is 2.10. The second-order valence-electron chi connectivity index (χ2n) is 5.70. The van der Waals surface area contributed by atoms with Crippen molar-refractivity contribution in [3.05, 3.63) is 60.0 Å². The van der Waals surface area contributed by atoms with Crippen LogP contribution in [0.5, 0.6) is 0 Å². The van der Waals surface area contributed by atoms with Gasteiger partial charge < -0.3 is 9.88 Å². The highest BCUT2D eigenvalue weighted by atomic mass is 32.2. The summed E-state index contributed by atoms with van der Waals surface area (Å²) in [5, 5.41) is 8.09. The fourth-order valence-electron chi connectivity index (χ4n) is 2.53. The molecule has 0 bridgehead atoms. The van der Waals surface area contributed by atoms with Gasteiger partial charge in [-0.2, -0.15) is 5.10 Å². The molecule has 25 heavy (non-hydrogen) atoms. The predicted molar refractivity (Wildman–Crippen MR) is 99.8 cm³/mol. The van der Waals surface area contributed by atoms with Gasteiger partial charge in [0.25, 0.3) is 0 Å². The van der Waals surface area contributed by atoms with E-state index in [2.05, 4.69) is 47.4 Å². The van der Waals surface area contributed by atoms with Gasteiger partial charge in [-0.05, 0) is 19.4 Å². The molecule has 3 rings (SSSR count). The van der Waals surface area contributed by atoms with Crippen LogP contribution in [0.3, 0.4) is 0 Å². The minimum atomic E-state index is -0.0679. The van der Waals surface area contributed by atoms with Gasteiger partial charge in [-0.1, -0.05) is 41.6 Å². The zero-order valence-electron chi connectivity index (χ0n) is 14.3. The molecule has 0 unspecified atom stereocenters. The Kier molecular flexibility index (Phi) is 5.55. The third-order valence-electron chi connectivity index (χ3n) is 3.75. The van der Waals surface area contributed by atoms with E-state index in [-0.39, 0.29) is 5.91 Å². The van der Waals surface area contributed by atoms with Crippen LogP contribution in [0.2, 0.25) is 0 Å². The molecule has 0 radical (unpaired) electrons. The van der Waals surface area contributed by atoms with E-state index >= 15 is 0 Å². The normalized spacial score (nSPS) is 10.8. The molecule has 0 atom stereocenters. The zero-order chi connectivity index (χ0) is 17.6. The fourth-order valence-corrected chi connectivity index (χ4v) is 3.36. The van der Waals surface area contributed by atoms with Crippen molar-refractivity contribution >= 4 is 23.5 Å². The average Bonchev–Trinajstić information content (AvgIpc) is 3.22. The first-order chi connectivity index (χ1) is 12.2. The molecule has 7 heteroatoms. The molecule has 0 spiro atoms. The molecular weight excluding hydrogens is 334 g/mol. The van der Waals surface area contributed by atoms with Crippen molar-refractivity contribution in [2.45, 2.75) is 32.1 Å². The van der Waals surface area contributed by atoms with E-state index in [9.17, 15) is 4.79 Å². The van der Waals surface area contributed by atoms with Crippen molar-refractivity contribution in [2.75, 3.05) is 11.1 Å². The first-order valence-electron chi connectivity index (χ1n) is 8.17. The van der Waals surface area contributed by atoms with Gasteiger partial charge >= 0.3 is 0 Å². The average molecular weight is 355 g/mol. The van der Waals surface area contributed by atoms with Gasteiger partial charge in [0.2, 0.25) is 5.91 Å². The van der Waals surface area contributed by atoms with E-state index in [1.165, 1.54) is 17.3 Å². The second-order valence-corrected chi connectivity index (χ2v) is 6.64. The van der Waals surface area contributed by atoms with Crippen LogP contribution in [0.25, 0.3) is 0 Å². The van der Waals surface area contributed by atoms with E-state index in [1.54, 1.807) is 17.1 Å². The Hall–Kier alpha value is -2.54. The Morgan fingerprint density at radius 3 is 2.96 bits per heavy atom. The Bertz CT molecular complexity index is 855. The Balaban J connectivity index is 1.60. The number of imidazole rings is 1. The number of benzene rings is 1. The number of rotatable bonds is 7. The summed E-state index contributed by atoms with van der Waals surface area (Å²) in [6.07, 6.45) is 5.36. The number of anilines is 1. The van der Waals surface area contributed by atoms with Crippen LogP contribution in [0.4, 0.5) is 5.82 Å². The molecule has 0 aliphatic heterocycles. The highest BCUT2D eigenvalue weighted by molar-refractivity contribution is 7.99. The standard InChI is InChI=1S/C18H21N5OS/c1-3-22-10-9-19-18(22)25-13-17(24)21-16-7-8-20-23(16)12-15-6-4-5-14(2)11-15/h4-11H,3,12-13H2,1-2H3,(H,21,24). The number of aromatic nitrogens is 4. The number of hydrogen-bond donors (Lipinski definition) is 1. The molecule has 0 saturated heterocycles. The number of aryl methyl sites for hydroxylation is 2. The molecule has 1 amide bonds. The van der Waals surface area contributed by atoms with Crippen molar-refractivity contribution in [1.29, 1.82) is 0 Å². The molecule has 0 fully saturated rings. The summed E-state index contributed by atoms with van der Waals surface area (Å²) in [6.45, 7) is 5.58. The molecule has 1 aromatic carbocycles. The van der Waals surface area contributed by atoms with Gasteiger partial charge in [-0.3, -0.25) is 4.79 Å². The van der Waals surface area contributed by atoms with Crippen LogP contribution in [0, 0.1) is 6.92 Å². The van der Waals surface area contributed by atoms with Gasteiger partial charge in [0.1, 0.15) is 5.82 Å². The maximum atomic E-state index is 12.3. The minimum absolute atomic E-state index is 0.0679. The van der Waals surface area contributed by atoms with E-state index in [4.69, 9.17) is 0 Å². The first kappa shape index (κ1) is 17.3. The topological polar surface area (TPSA) is 64.7 Å². The number of hydrogen-bond acceptors (Lipinski definition) is 4. The number of nitrogens with zero attached hydrogens (tertiary/aromatic N) is 4. The Labute approximate surface area is 151 Å². The number of thioether (sulfide) groups is 1. The minimum Gasteiger partial charge on any atom is -0.326 e. The van der Waals surface area contributed by atoms with Crippen molar-refractivity contribution in [1.82, 2.24) is 19.3 Å². The lowest BCUT2D eigenvalue weighted by Crippen LogP contribution is -2.18. The predicted octanol–water partition coefficient (Wildman–Crippen LogP) is 3.19. The summed E-state index contributed by atoms with van der Waals surface area (Å²) >= 11 is 1.43. The van der Waals surface area contributed by atoms with Crippen LogP contribution in [-0.4, -0.2) is 31.0 Å². The van der Waals surface area contributed by atoms with Gasteiger partial charge in [0.05, 0.1) is 18.5 Å². The summed E-state index contributed by atoms with van der Waals surface area (Å²) in [5.74, 6) is 0.944. The Morgan fingerprint density at radius 1 is 1.28 bits per heavy atom. The van der Waals surface area contributed by atoms with Crippen molar-refractivity contribution in [2.24, 2.45) is 0 Å². The molecule has 1 N–H and O–H groups in total. The van der Waals surface area contributed by atoms with Crippen LogP contribution < -0.4 is 5.32 Å². The summed E-state index contributed by atoms with van der Waals surface area (Å²) in [4.78, 5) is 16.5. The van der Waals surface area contributed by atoms with Gasteiger partial charge in [-0.25, -0.2) is 9.67 Å².